The number of ketones is 1. The lowest BCUT2D eigenvalue weighted by molar-refractivity contribution is -0.139. The molecule has 0 aromatic heterocycles. The molecule has 1 heterocycles. The van der Waals surface area contributed by atoms with Crippen LogP contribution in [0.5, 0.6) is 5.75 Å². The predicted molar refractivity (Wildman–Crippen MR) is 112 cm³/mol. The van der Waals surface area contributed by atoms with Crippen molar-refractivity contribution in [3.63, 3.8) is 0 Å². The zero-order valence-electron chi connectivity index (χ0n) is 17.0. The molecule has 2 aromatic carbocycles. The fourth-order valence-corrected chi connectivity index (χ4v) is 3.58. The minimum absolute atomic E-state index is 0.110. The molecule has 29 heavy (non-hydrogen) atoms. The first-order valence-corrected chi connectivity index (χ1v) is 9.56. The van der Waals surface area contributed by atoms with Crippen LogP contribution >= 0.6 is 0 Å². The van der Waals surface area contributed by atoms with Gasteiger partial charge >= 0.3 is 0 Å². The Kier molecular flexibility index (Phi) is 6.34. The van der Waals surface area contributed by atoms with Crippen LogP contribution in [0.25, 0.3) is 5.76 Å². The Balaban J connectivity index is 2.09. The SMILES string of the molecule is COc1cccc([C@H]2C(=C(O)c3ccccc3)C(=O)C(=O)N2CCCN(C)C)c1. The Morgan fingerprint density at radius 3 is 2.48 bits per heavy atom. The molecule has 1 fully saturated rings. The molecule has 3 rings (SSSR count). The Bertz CT molecular complexity index is 921. The van der Waals surface area contributed by atoms with Gasteiger partial charge in [0.05, 0.1) is 18.7 Å². The second kappa shape index (κ2) is 8.92. The van der Waals surface area contributed by atoms with Crippen molar-refractivity contribution in [2.75, 3.05) is 34.3 Å². The number of rotatable bonds is 7. The van der Waals surface area contributed by atoms with E-state index < -0.39 is 17.7 Å². The molecule has 6 heteroatoms. The number of hydrogen-bond acceptors (Lipinski definition) is 5. The molecular weight excluding hydrogens is 368 g/mol. The highest BCUT2D eigenvalue weighted by Gasteiger charge is 2.45. The van der Waals surface area contributed by atoms with E-state index in [0.29, 0.717) is 24.3 Å². The van der Waals surface area contributed by atoms with Gasteiger partial charge < -0.3 is 19.6 Å². The summed E-state index contributed by atoms with van der Waals surface area (Å²) < 4.78 is 5.32. The van der Waals surface area contributed by atoms with Crippen molar-refractivity contribution >= 4 is 17.4 Å². The van der Waals surface area contributed by atoms with Gasteiger partial charge in [-0.25, -0.2) is 0 Å². The second-order valence-electron chi connectivity index (χ2n) is 7.29. The summed E-state index contributed by atoms with van der Waals surface area (Å²) in [7, 11) is 5.49. The highest BCUT2D eigenvalue weighted by Crippen LogP contribution is 2.40. The van der Waals surface area contributed by atoms with Gasteiger partial charge in [-0.1, -0.05) is 42.5 Å². The molecule has 152 valence electrons. The van der Waals surface area contributed by atoms with E-state index in [0.717, 1.165) is 12.1 Å². The molecule has 1 aliphatic rings. The minimum Gasteiger partial charge on any atom is -0.507 e. The molecule has 0 unspecified atom stereocenters. The topological polar surface area (TPSA) is 70.1 Å². The number of benzene rings is 2. The zero-order chi connectivity index (χ0) is 21.0. The summed E-state index contributed by atoms with van der Waals surface area (Å²) in [5.41, 5.74) is 1.34. The molecule has 0 spiro atoms. The zero-order valence-corrected chi connectivity index (χ0v) is 17.0. The molecule has 1 aliphatic heterocycles. The van der Waals surface area contributed by atoms with Crippen molar-refractivity contribution in [3.8, 4) is 5.75 Å². The summed E-state index contributed by atoms with van der Waals surface area (Å²) in [5.74, 6) is -0.786. The van der Waals surface area contributed by atoms with Gasteiger partial charge in [0.25, 0.3) is 11.7 Å². The molecule has 1 atom stereocenters. The van der Waals surface area contributed by atoms with Crippen LogP contribution in [0.1, 0.15) is 23.6 Å². The largest absolute Gasteiger partial charge is 0.507 e. The second-order valence-corrected chi connectivity index (χ2v) is 7.29. The van der Waals surface area contributed by atoms with Crippen LogP contribution in [0.3, 0.4) is 0 Å². The smallest absolute Gasteiger partial charge is 0.295 e. The summed E-state index contributed by atoms with van der Waals surface area (Å²) in [4.78, 5) is 29.3. The van der Waals surface area contributed by atoms with Crippen molar-refractivity contribution < 1.29 is 19.4 Å². The maximum Gasteiger partial charge on any atom is 0.295 e. The first-order valence-electron chi connectivity index (χ1n) is 9.56. The molecule has 0 saturated carbocycles. The lowest BCUT2D eigenvalue weighted by atomic mass is 9.95. The molecular formula is C23H26N2O4. The lowest BCUT2D eigenvalue weighted by Crippen LogP contribution is -2.32. The fourth-order valence-electron chi connectivity index (χ4n) is 3.58. The van der Waals surface area contributed by atoms with Gasteiger partial charge in [-0.15, -0.1) is 0 Å². The number of aliphatic hydroxyl groups excluding tert-OH is 1. The van der Waals surface area contributed by atoms with E-state index >= 15 is 0 Å². The molecule has 1 N–H and O–H groups in total. The Morgan fingerprint density at radius 2 is 1.83 bits per heavy atom. The number of aliphatic hydroxyl groups is 1. The molecule has 1 saturated heterocycles. The number of methoxy groups -OCH3 is 1. The molecule has 1 amide bonds. The van der Waals surface area contributed by atoms with E-state index in [1.807, 2.05) is 37.2 Å². The maximum absolute atomic E-state index is 12.9. The average molecular weight is 394 g/mol. The summed E-state index contributed by atoms with van der Waals surface area (Å²) in [6.45, 7) is 1.20. The number of nitrogens with zero attached hydrogens (tertiary/aromatic N) is 2. The Morgan fingerprint density at radius 1 is 1.10 bits per heavy atom. The van der Waals surface area contributed by atoms with Crippen molar-refractivity contribution in [1.29, 1.82) is 0 Å². The average Bonchev–Trinajstić information content (AvgIpc) is 2.98. The first-order chi connectivity index (χ1) is 13.9. The van der Waals surface area contributed by atoms with Gasteiger partial charge in [0.2, 0.25) is 0 Å². The fraction of sp³-hybridized carbons (Fsp3) is 0.304. The Hall–Kier alpha value is -3.12. The number of carbonyl (C=O) groups is 2. The van der Waals surface area contributed by atoms with Crippen LogP contribution < -0.4 is 4.74 Å². The van der Waals surface area contributed by atoms with Gasteiger partial charge in [0.15, 0.2) is 0 Å². The van der Waals surface area contributed by atoms with Crippen LogP contribution in [-0.2, 0) is 9.59 Å². The van der Waals surface area contributed by atoms with Gasteiger partial charge in [0, 0.05) is 12.1 Å². The van der Waals surface area contributed by atoms with Crippen LogP contribution in [0, 0.1) is 0 Å². The van der Waals surface area contributed by atoms with Gasteiger partial charge in [0.1, 0.15) is 11.5 Å². The van der Waals surface area contributed by atoms with Crippen LogP contribution in [0.15, 0.2) is 60.2 Å². The third-order valence-electron chi connectivity index (χ3n) is 5.00. The highest BCUT2D eigenvalue weighted by atomic mass is 16.5. The highest BCUT2D eigenvalue weighted by molar-refractivity contribution is 6.46. The standard InChI is InChI=1S/C23H26N2O4/c1-24(2)13-8-14-25-20(17-11-7-12-18(15-17)29-3)19(22(27)23(25)28)21(26)16-9-5-4-6-10-16/h4-7,9-12,15,20,26H,8,13-14H2,1-3H3/t20-/m0/s1. The minimum atomic E-state index is -0.663. The third kappa shape index (κ3) is 4.32. The van der Waals surface area contributed by atoms with E-state index in [4.69, 9.17) is 4.74 Å². The third-order valence-corrected chi connectivity index (χ3v) is 5.00. The number of likely N-dealkylation sites (tertiary alicyclic amines) is 1. The number of amides is 1. The van der Waals surface area contributed by atoms with Crippen LogP contribution in [0.4, 0.5) is 0 Å². The normalized spacial score (nSPS) is 18.5. The van der Waals surface area contributed by atoms with Gasteiger partial charge in [-0.2, -0.15) is 0 Å². The lowest BCUT2D eigenvalue weighted by Gasteiger charge is -2.26. The van der Waals surface area contributed by atoms with Gasteiger partial charge in [-0.05, 0) is 44.8 Å². The summed E-state index contributed by atoms with van der Waals surface area (Å²) >= 11 is 0. The quantitative estimate of drug-likeness (QED) is 0.444. The van der Waals surface area contributed by atoms with E-state index in [1.165, 1.54) is 0 Å². The number of hydrogen-bond donors (Lipinski definition) is 1. The Labute approximate surface area is 171 Å². The molecule has 0 radical (unpaired) electrons. The van der Waals surface area contributed by atoms with Crippen molar-refractivity contribution in [2.45, 2.75) is 12.5 Å². The summed E-state index contributed by atoms with van der Waals surface area (Å²) in [6, 6.07) is 15.4. The molecule has 0 aliphatic carbocycles. The first kappa shape index (κ1) is 20.6. The summed E-state index contributed by atoms with van der Waals surface area (Å²) in [5, 5.41) is 10.9. The molecule has 0 bridgehead atoms. The van der Waals surface area contributed by atoms with Gasteiger partial charge in [-0.3, -0.25) is 9.59 Å². The summed E-state index contributed by atoms with van der Waals surface area (Å²) in [6.07, 6.45) is 0.714. The van der Waals surface area contributed by atoms with E-state index in [1.54, 1.807) is 48.4 Å². The maximum atomic E-state index is 12.9. The number of ether oxygens (including phenoxy) is 1. The monoisotopic (exact) mass is 394 g/mol. The van der Waals surface area contributed by atoms with Crippen molar-refractivity contribution in [2.24, 2.45) is 0 Å². The van der Waals surface area contributed by atoms with Crippen molar-refractivity contribution in [3.05, 3.63) is 71.3 Å². The number of Topliss-reactive ketones (excluding diaryl/α,β-unsaturated/α-hetero) is 1. The predicted octanol–water partition coefficient (Wildman–Crippen LogP) is 3.07. The molecule has 2 aromatic rings. The number of carbonyl (C=O) groups excluding carboxylic acids is 2. The van der Waals surface area contributed by atoms with Crippen LogP contribution in [-0.4, -0.2) is 60.9 Å². The molecule has 6 nitrogen and oxygen atoms in total. The van der Waals surface area contributed by atoms with Crippen molar-refractivity contribution in [1.82, 2.24) is 9.80 Å². The van der Waals surface area contributed by atoms with E-state index in [9.17, 15) is 14.7 Å². The van der Waals surface area contributed by atoms with Crippen LogP contribution in [0.2, 0.25) is 0 Å². The van der Waals surface area contributed by atoms with E-state index in [2.05, 4.69) is 0 Å². The van der Waals surface area contributed by atoms with E-state index in [-0.39, 0.29) is 11.3 Å².